The molecule has 1 rings (SSSR count). The Morgan fingerprint density at radius 3 is 2.60 bits per heavy atom. The van der Waals surface area contributed by atoms with Crippen molar-refractivity contribution in [3.05, 3.63) is 14.9 Å². The number of hydrogen-bond acceptors (Lipinski definition) is 3. The van der Waals surface area contributed by atoms with Crippen LogP contribution in [0.25, 0.3) is 0 Å². The molecule has 0 amide bonds. The fraction of sp³-hybridized carbons (Fsp3) is 0.429. The highest BCUT2D eigenvalue weighted by Gasteiger charge is 2.23. The molecule has 0 aliphatic rings. The topological polar surface area (TPSA) is 37.4 Å². The molecule has 0 aliphatic carbocycles. The lowest BCUT2D eigenvalue weighted by Gasteiger charge is -2.13. The van der Waals surface area contributed by atoms with Gasteiger partial charge >= 0.3 is 0 Å². The fourth-order valence-corrected chi connectivity index (χ4v) is 4.98. The van der Waals surface area contributed by atoms with Crippen LogP contribution < -0.4 is 0 Å². The first-order valence-corrected chi connectivity index (χ1v) is 7.83. The van der Waals surface area contributed by atoms with E-state index in [2.05, 4.69) is 15.9 Å². The molecule has 8 heteroatoms. The van der Waals surface area contributed by atoms with Crippen molar-refractivity contribution >= 4 is 60.5 Å². The summed E-state index contributed by atoms with van der Waals surface area (Å²) in [4.78, 5) is 0. The van der Waals surface area contributed by atoms with Gasteiger partial charge in [-0.05, 0) is 22.0 Å². The van der Waals surface area contributed by atoms with Crippen LogP contribution in [0.4, 0.5) is 0 Å². The molecule has 1 aromatic heterocycles. The predicted molar refractivity (Wildman–Crippen MR) is 67.6 cm³/mol. The summed E-state index contributed by atoms with van der Waals surface area (Å²) >= 11 is 15.5. The highest BCUT2D eigenvalue weighted by molar-refractivity contribution is 9.11. The first-order chi connectivity index (χ1) is 6.89. The van der Waals surface area contributed by atoms with E-state index in [9.17, 15) is 8.42 Å². The molecule has 1 aromatic rings. The molecular weight excluding hydrogens is 345 g/mol. The zero-order valence-electron chi connectivity index (χ0n) is 7.71. The number of sulfonamides is 1. The van der Waals surface area contributed by atoms with Crippen LogP contribution >= 0.6 is 50.5 Å². The van der Waals surface area contributed by atoms with Crippen LogP contribution in [0.3, 0.4) is 0 Å². The van der Waals surface area contributed by atoms with Gasteiger partial charge in [0, 0.05) is 19.5 Å². The quantitative estimate of drug-likeness (QED) is 0.781. The van der Waals surface area contributed by atoms with E-state index < -0.39 is 10.0 Å². The molecule has 0 aromatic carbocycles. The molecule has 1 heterocycles. The zero-order valence-corrected chi connectivity index (χ0v) is 12.4. The van der Waals surface area contributed by atoms with Crippen LogP contribution in [-0.4, -0.2) is 32.2 Å². The second kappa shape index (κ2) is 5.33. The molecule has 0 saturated heterocycles. The minimum Gasteiger partial charge on any atom is -0.206 e. The third-order valence-corrected chi connectivity index (χ3v) is 6.64. The monoisotopic (exact) mass is 351 g/mol. The number of alkyl halides is 1. The van der Waals surface area contributed by atoms with Gasteiger partial charge in [0.1, 0.15) is 4.21 Å². The van der Waals surface area contributed by atoms with E-state index in [4.69, 9.17) is 23.2 Å². The normalized spacial score (nSPS) is 12.3. The Morgan fingerprint density at radius 1 is 1.60 bits per heavy atom. The molecule has 0 fully saturated rings. The fourth-order valence-electron chi connectivity index (χ4n) is 0.847. The van der Waals surface area contributed by atoms with Crippen LogP contribution in [-0.2, 0) is 10.0 Å². The van der Waals surface area contributed by atoms with Crippen molar-refractivity contribution in [3.8, 4) is 0 Å². The molecular formula is C7H8BrCl2NO2S2. The van der Waals surface area contributed by atoms with Gasteiger partial charge in [0.05, 0.1) is 8.81 Å². The number of thiophene rings is 1. The molecule has 0 spiro atoms. The van der Waals surface area contributed by atoms with Crippen LogP contribution in [0.15, 0.2) is 14.1 Å². The largest absolute Gasteiger partial charge is 0.252 e. The molecule has 86 valence electrons. The lowest BCUT2D eigenvalue weighted by atomic mass is 10.7. The summed E-state index contributed by atoms with van der Waals surface area (Å²) in [6.07, 6.45) is 0. The number of rotatable bonds is 4. The van der Waals surface area contributed by atoms with Crippen molar-refractivity contribution < 1.29 is 8.42 Å². The maximum atomic E-state index is 11.9. The first-order valence-electron chi connectivity index (χ1n) is 3.86. The minimum atomic E-state index is -3.45. The Hall–Kier alpha value is 0.670. The van der Waals surface area contributed by atoms with Gasteiger partial charge in [-0.15, -0.1) is 22.9 Å². The molecule has 0 N–H and O–H groups in total. The van der Waals surface area contributed by atoms with Crippen molar-refractivity contribution in [3.63, 3.8) is 0 Å². The van der Waals surface area contributed by atoms with Gasteiger partial charge in [0.25, 0.3) is 10.0 Å². The molecule has 0 aliphatic heterocycles. The van der Waals surface area contributed by atoms with E-state index in [-0.39, 0.29) is 16.6 Å². The second-order valence-corrected chi connectivity index (χ2v) is 8.13. The Morgan fingerprint density at radius 2 is 2.20 bits per heavy atom. The summed E-state index contributed by atoms with van der Waals surface area (Å²) in [5.74, 6) is 0.260. The second-order valence-electron chi connectivity index (χ2n) is 2.70. The van der Waals surface area contributed by atoms with Crippen molar-refractivity contribution in [1.29, 1.82) is 0 Å². The Kier molecular flexibility index (Phi) is 4.88. The minimum absolute atomic E-state index is 0.215. The van der Waals surface area contributed by atoms with Crippen LogP contribution in [0, 0.1) is 0 Å². The van der Waals surface area contributed by atoms with Gasteiger partial charge in [0.15, 0.2) is 0 Å². The van der Waals surface area contributed by atoms with Gasteiger partial charge in [-0.25, -0.2) is 8.42 Å². The lowest BCUT2D eigenvalue weighted by molar-refractivity contribution is 0.490. The molecule has 0 atom stereocenters. The average Bonchev–Trinajstić information content (AvgIpc) is 2.48. The highest BCUT2D eigenvalue weighted by Crippen LogP contribution is 2.35. The van der Waals surface area contributed by atoms with Crippen molar-refractivity contribution in [2.45, 2.75) is 4.21 Å². The molecule has 0 saturated carbocycles. The summed E-state index contributed by atoms with van der Waals surface area (Å²) < 4.78 is 25.8. The summed E-state index contributed by atoms with van der Waals surface area (Å²) in [6, 6.07) is 1.43. The lowest BCUT2D eigenvalue weighted by Crippen LogP contribution is -2.28. The molecule has 15 heavy (non-hydrogen) atoms. The SMILES string of the molecule is CN(CCCl)S(=O)(=O)c1cc(Cl)c(Br)s1. The third-order valence-electron chi connectivity index (χ3n) is 1.69. The van der Waals surface area contributed by atoms with E-state index >= 15 is 0 Å². The molecule has 3 nitrogen and oxygen atoms in total. The third kappa shape index (κ3) is 3.08. The highest BCUT2D eigenvalue weighted by atomic mass is 79.9. The predicted octanol–water partition coefficient (Wildman–Crippen LogP) is 3.02. The maximum absolute atomic E-state index is 11.9. The van der Waals surface area contributed by atoms with Crippen molar-refractivity contribution in [1.82, 2.24) is 4.31 Å². The Bertz CT molecular complexity index is 426. The van der Waals surface area contributed by atoms with E-state index in [1.165, 1.54) is 17.4 Å². The van der Waals surface area contributed by atoms with Gasteiger partial charge in [-0.3, -0.25) is 0 Å². The van der Waals surface area contributed by atoms with Gasteiger partial charge in [0.2, 0.25) is 0 Å². The summed E-state index contributed by atoms with van der Waals surface area (Å²) in [5.41, 5.74) is 0. The van der Waals surface area contributed by atoms with Gasteiger partial charge in [-0.2, -0.15) is 4.31 Å². The standard InChI is InChI=1S/C7H8BrCl2NO2S2/c1-11(3-2-9)15(12,13)6-4-5(10)7(8)14-6/h4H,2-3H2,1H3. The summed E-state index contributed by atoms with van der Waals surface area (Å²) in [7, 11) is -1.96. The van der Waals surface area contributed by atoms with Gasteiger partial charge < -0.3 is 0 Å². The summed E-state index contributed by atoms with van der Waals surface area (Å²) in [5, 5.41) is 0.401. The van der Waals surface area contributed by atoms with Crippen LogP contribution in [0.1, 0.15) is 0 Å². The van der Waals surface area contributed by atoms with Gasteiger partial charge in [-0.1, -0.05) is 11.6 Å². The number of halogens is 3. The van der Waals surface area contributed by atoms with E-state index in [1.54, 1.807) is 0 Å². The number of hydrogen-bond donors (Lipinski definition) is 0. The van der Waals surface area contributed by atoms with E-state index in [0.29, 0.717) is 8.81 Å². The Balaban J connectivity index is 3.06. The van der Waals surface area contributed by atoms with Crippen molar-refractivity contribution in [2.75, 3.05) is 19.5 Å². The van der Waals surface area contributed by atoms with Crippen LogP contribution in [0.5, 0.6) is 0 Å². The maximum Gasteiger partial charge on any atom is 0.252 e. The zero-order chi connectivity index (χ0) is 11.6. The van der Waals surface area contributed by atoms with Crippen LogP contribution in [0.2, 0.25) is 5.02 Å². The number of nitrogens with zero attached hydrogens (tertiary/aromatic N) is 1. The average molecular weight is 353 g/mol. The first kappa shape index (κ1) is 13.7. The molecule has 0 radical (unpaired) electrons. The molecule has 0 bridgehead atoms. The Labute approximate surface area is 111 Å². The summed E-state index contributed by atoms with van der Waals surface area (Å²) in [6.45, 7) is 0.275. The smallest absolute Gasteiger partial charge is 0.206 e. The molecule has 0 unspecified atom stereocenters. The van der Waals surface area contributed by atoms with Crippen molar-refractivity contribution in [2.24, 2.45) is 0 Å². The van der Waals surface area contributed by atoms with E-state index in [0.717, 1.165) is 11.3 Å². The van der Waals surface area contributed by atoms with E-state index in [1.807, 2.05) is 0 Å².